The van der Waals surface area contributed by atoms with E-state index in [0.717, 1.165) is 50.5 Å². The van der Waals surface area contributed by atoms with Gasteiger partial charge in [-0.2, -0.15) is 0 Å². The van der Waals surface area contributed by atoms with Crippen LogP contribution < -0.4 is 10.1 Å². The van der Waals surface area contributed by atoms with Crippen LogP contribution in [0, 0.1) is 5.92 Å². The predicted molar refractivity (Wildman–Crippen MR) is 123 cm³/mol. The first-order valence-corrected chi connectivity index (χ1v) is 12.5. The third-order valence-electron chi connectivity index (χ3n) is 8.09. The Morgan fingerprint density at radius 3 is 2.71 bits per heavy atom. The second-order valence-corrected chi connectivity index (χ2v) is 10.2. The molecule has 180 valence electrons. The predicted octanol–water partition coefficient (Wildman–Crippen LogP) is 2.03. The van der Waals surface area contributed by atoms with Crippen LogP contribution in [-0.4, -0.2) is 72.0 Å². The van der Waals surface area contributed by atoms with Crippen molar-refractivity contribution in [3.05, 3.63) is 41.0 Å². The van der Waals surface area contributed by atoms with Crippen molar-refractivity contribution in [3.63, 3.8) is 0 Å². The highest BCUT2D eigenvalue weighted by molar-refractivity contribution is 6.05. The summed E-state index contributed by atoms with van der Waals surface area (Å²) >= 11 is 0. The first-order chi connectivity index (χ1) is 16.6. The molecule has 0 aromatic heterocycles. The number of carbonyl (C=O) groups excluding carboxylic acids is 3. The van der Waals surface area contributed by atoms with Gasteiger partial charge in [-0.05, 0) is 55.0 Å². The van der Waals surface area contributed by atoms with Gasteiger partial charge in [0.2, 0.25) is 11.8 Å². The van der Waals surface area contributed by atoms with E-state index in [0.29, 0.717) is 30.5 Å². The van der Waals surface area contributed by atoms with Gasteiger partial charge in [-0.1, -0.05) is 12.5 Å². The molecule has 0 spiro atoms. The lowest BCUT2D eigenvalue weighted by Gasteiger charge is -2.48. The summed E-state index contributed by atoms with van der Waals surface area (Å²) in [5, 5.41) is 2.35. The van der Waals surface area contributed by atoms with Crippen LogP contribution in [0.2, 0.25) is 0 Å². The van der Waals surface area contributed by atoms with Gasteiger partial charge < -0.3 is 14.4 Å². The number of rotatable bonds is 5. The summed E-state index contributed by atoms with van der Waals surface area (Å²) in [7, 11) is 0. The highest BCUT2D eigenvalue weighted by Crippen LogP contribution is 2.36. The molecule has 8 heteroatoms. The minimum Gasteiger partial charge on any atom is -0.489 e. The van der Waals surface area contributed by atoms with Crippen molar-refractivity contribution in [1.82, 2.24) is 15.1 Å². The Morgan fingerprint density at radius 2 is 1.91 bits per heavy atom. The molecule has 3 fully saturated rings. The number of carbonyl (C=O) groups is 3. The summed E-state index contributed by atoms with van der Waals surface area (Å²) < 4.78 is 12.0. The number of benzene rings is 1. The summed E-state index contributed by atoms with van der Waals surface area (Å²) in [5.74, 6) is 0.604. The molecule has 1 aromatic carbocycles. The zero-order valence-corrected chi connectivity index (χ0v) is 19.3. The first-order valence-electron chi connectivity index (χ1n) is 12.5. The summed E-state index contributed by atoms with van der Waals surface area (Å²) in [6.45, 7) is 4.07. The summed E-state index contributed by atoms with van der Waals surface area (Å²) in [6, 6.07) is 5.50. The minimum atomic E-state index is -0.593. The van der Waals surface area contributed by atoms with Crippen molar-refractivity contribution < 1.29 is 23.9 Å². The molecule has 34 heavy (non-hydrogen) atoms. The Balaban J connectivity index is 1.12. The average Bonchev–Trinajstić information content (AvgIpc) is 3.42. The van der Waals surface area contributed by atoms with Crippen LogP contribution in [0.3, 0.4) is 0 Å². The van der Waals surface area contributed by atoms with E-state index in [1.165, 1.54) is 18.4 Å². The molecule has 4 heterocycles. The van der Waals surface area contributed by atoms with Gasteiger partial charge in [0.1, 0.15) is 17.9 Å². The Kier molecular flexibility index (Phi) is 5.65. The fourth-order valence-electron chi connectivity index (χ4n) is 6.14. The normalized spacial score (nSPS) is 30.1. The number of amides is 3. The zero-order chi connectivity index (χ0) is 23.2. The van der Waals surface area contributed by atoms with Gasteiger partial charge >= 0.3 is 0 Å². The van der Waals surface area contributed by atoms with Gasteiger partial charge in [0, 0.05) is 43.6 Å². The molecule has 3 amide bonds. The lowest BCUT2D eigenvalue weighted by Crippen LogP contribution is -2.58. The van der Waals surface area contributed by atoms with Gasteiger partial charge in [0.25, 0.3) is 5.91 Å². The molecule has 1 saturated carbocycles. The van der Waals surface area contributed by atoms with Gasteiger partial charge in [0.15, 0.2) is 0 Å². The fourth-order valence-corrected chi connectivity index (χ4v) is 6.14. The molecule has 1 aromatic rings. The minimum absolute atomic E-state index is 0.143. The second-order valence-electron chi connectivity index (χ2n) is 10.2. The topological polar surface area (TPSA) is 88.2 Å². The monoisotopic (exact) mass is 465 g/mol. The van der Waals surface area contributed by atoms with E-state index >= 15 is 0 Å². The van der Waals surface area contributed by atoms with Crippen LogP contribution in [0.5, 0.6) is 5.75 Å². The Hall–Kier alpha value is -2.71. The molecule has 6 rings (SSSR count). The van der Waals surface area contributed by atoms with E-state index in [4.69, 9.17) is 9.47 Å². The van der Waals surface area contributed by atoms with Crippen molar-refractivity contribution in [2.45, 2.75) is 63.3 Å². The van der Waals surface area contributed by atoms with Crippen LogP contribution in [0.1, 0.15) is 54.4 Å². The third kappa shape index (κ3) is 3.92. The molecular weight excluding hydrogens is 434 g/mol. The summed E-state index contributed by atoms with van der Waals surface area (Å²) in [4.78, 5) is 40.9. The molecule has 1 aliphatic carbocycles. The number of nitrogens with one attached hydrogen (secondary N) is 1. The molecular formula is C26H31N3O5. The number of fused-ring (bicyclic) bond motifs is 1. The van der Waals surface area contributed by atoms with Crippen LogP contribution >= 0.6 is 0 Å². The van der Waals surface area contributed by atoms with Gasteiger partial charge in [0.05, 0.1) is 13.2 Å². The maximum atomic E-state index is 13.0. The van der Waals surface area contributed by atoms with Crippen LogP contribution in [0.15, 0.2) is 29.8 Å². The molecule has 4 aliphatic heterocycles. The van der Waals surface area contributed by atoms with Crippen LogP contribution in [0.25, 0.3) is 0 Å². The Bertz CT molecular complexity index is 1050. The van der Waals surface area contributed by atoms with E-state index in [-0.39, 0.29) is 30.2 Å². The maximum Gasteiger partial charge on any atom is 0.255 e. The number of nitrogens with zero attached hydrogens (tertiary/aromatic N) is 2. The number of piperidine rings is 1. The zero-order valence-electron chi connectivity index (χ0n) is 19.3. The van der Waals surface area contributed by atoms with Crippen molar-refractivity contribution in [2.24, 2.45) is 5.92 Å². The van der Waals surface area contributed by atoms with Crippen molar-refractivity contribution in [1.29, 1.82) is 0 Å². The summed E-state index contributed by atoms with van der Waals surface area (Å²) in [5.41, 5.74) is 2.96. The number of likely N-dealkylation sites (tertiary alicyclic amines) is 1. The average molecular weight is 466 g/mol. The molecule has 2 saturated heterocycles. The molecule has 0 radical (unpaired) electrons. The maximum absolute atomic E-state index is 13.0. The largest absolute Gasteiger partial charge is 0.489 e. The lowest BCUT2D eigenvalue weighted by molar-refractivity contribution is -0.136. The van der Waals surface area contributed by atoms with E-state index < -0.39 is 6.04 Å². The number of imide groups is 1. The highest BCUT2D eigenvalue weighted by Gasteiger charge is 2.41. The molecule has 3 atom stereocenters. The van der Waals surface area contributed by atoms with E-state index in [2.05, 4.69) is 16.3 Å². The van der Waals surface area contributed by atoms with E-state index in [1.54, 1.807) is 4.90 Å². The molecule has 5 aliphatic rings. The Morgan fingerprint density at radius 1 is 1.06 bits per heavy atom. The number of hydrogen-bond donors (Lipinski definition) is 1. The van der Waals surface area contributed by atoms with Crippen LogP contribution in [0.4, 0.5) is 0 Å². The second kappa shape index (κ2) is 8.82. The lowest BCUT2D eigenvalue weighted by atomic mass is 9.84. The highest BCUT2D eigenvalue weighted by atomic mass is 16.5. The standard InChI is InChI=1S/C26H31N3O5/c30-24-8-7-22(25(31)27-24)29-14-17-11-19(5-6-20(17)26(29)32)34-23-4-2-1-3-21(23)28-12-18(13-28)16-9-10-33-15-16/h5-6,9,11,18,21-23H,1-4,7-8,10,12-15H2,(H,27,30,31)/t21-,22?,23+/m0/s1. The van der Waals surface area contributed by atoms with Crippen molar-refractivity contribution >= 4 is 17.7 Å². The van der Waals surface area contributed by atoms with Gasteiger partial charge in [-0.3, -0.25) is 24.6 Å². The quantitative estimate of drug-likeness (QED) is 0.529. The Labute approximate surface area is 199 Å². The van der Waals surface area contributed by atoms with Crippen molar-refractivity contribution in [3.8, 4) is 5.75 Å². The summed E-state index contributed by atoms with van der Waals surface area (Å²) in [6.07, 6.45) is 7.61. The molecule has 1 unspecified atom stereocenters. The molecule has 0 bridgehead atoms. The first kappa shape index (κ1) is 21.8. The van der Waals surface area contributed by atoms with Gasteiger partial charge in [-0.25, -0.2) is 0 Å². The van der Waals surface area contributed by atoms with Gasteiger partial charge in [-0.15, -0.1) is 0 Å². The fraction of sp³-hybridized carbons (Fsp3) is 0.577. The molecule has 1 N–H and O–H groups in total. The van der Waals surface area contributed by atoms with Crippen LogP contribution in [-0.2, 0) is 20.9 Å². The number of ether oxygens (including phenoxy) is 2. The van der Waals surface area contributed by atoms with E-state index in [9.17, 15) is 14.4 Å². The van der Waals surface area contributed by atoms with E-state index in [1.807, 2.05) is 18.2 Å². The smallest absolute Gasteiger partial charge is 0.255 e. The SMILES string of the molecule is O=C1CCC(N2Cc3cc(O[C@@H]4CCCC[C@@H]4N4CC(C5=CCOC5)C4)ccc3C2=O)C(=O)N1. The molecule has 8 nitrogen and oxygen atoms in total. The number of hydrogen-bond acceptors (Lipinski definition) is 6. The van der Waals surface area contributed by atoms with Crippen molar-refractivity contribution in [2.75, 3.05) is 26.3 Å². The third-order valence-corrected chi connectivity index (χ3v) is 8.09.